The maximum atomic E-state index is 9.10. The summed E-state index contributed by atoms with van der Waals surface area (Å²) in [7, 11) is 0. The maximum absolute atomic E-state index is 9.10. The zero-order valence-electron chi connectivity index (χ0n) is 7.11. The first-order valence-corrected chi connectivity index (χ1v) is 3.98. The van der Waals surface area contributed by atoms with Gasteiger partial charge in [-0.2, -0.15) is 0 Å². The highest BCUT2D eigenvalue weighted by Gasteiger charge is 1.94. The molecule has 1 N–H and O–H groups in total. The molecule has 0 unspecified atom stereocenters. The molecule has 1 aromatic rings. The van der Waals surface area contributed by atoms with Crippen molar-refractivity contribution in [3.63, 3.8) is 0 Å². The van der Waals surface area contributed by atoms with Crippen molar-refractivity contribution in [3.05, 3.63) is 29.3 Å². The fourth-order valence-electron chi connectivity index (χ4n) is 0.736. The Morgan fingerprint density at radius 3 is 2.25 bits per heavy atom. The van der Waals surface area contributed by atoms with Gasteiger partial charge in [0.25, 0.3) is 0 Å². The van der Waals surface area contributed by atoms with Crippen LogP contribution in [0.3, 0.4) is 0 Å². The van der Waals surface area contributed by atoms with Crippen LogP contribution in [0.5, 0.6) is 5.75 Å². The first kappa shape index (κ1) is 11.0. The van der Waals surface area contributed by atoms with Gasteiger partial charge in [0.1, 0.15) is 5.75 Å². The molecule has 3 heteroatoms. The number of phenols is 1. The van der Waals surface area contributed by atoms with Gasteiger partial charge in [-0.1, -0.05) is 12.1 Å². The fraction of sp³-hybridized carbons (Fsp3) is 0.222. The molecule has 0 aliphatic rings. The number of aryl methyl sites for hydroxylation is 1. The van der Waals surface area contributed by atoms with E-state index in [0.717, 1.165) is 11.1 Å². The molecule has 0 saturated carbocycles. The van der Waals surface area contributed by atoms with E-state index in [2.05, 4.69) is 12.6 Å². The van der Waals surface area contributed by atoms with E-state index >= 15 is 0 Å². The van der Waals surface area contributed by atoms with Gasteiger partial charge in [-0.25, -0.2) is 0 Å². The van der Waals surface area contributed by atoms with Gasteiger partial charge in [0, 0.05) is 0 Å². The molecule has 0 radical (unpaired) electrons. The van der Waals surface area contributed by atoms with Crippen molar-refractivity contribution in [2.45, 2.75) is 13.8 Å². The summed E-state index contributed by atoms with van der Waals surface area (Å²) in [5.41, 5.74) is 2.55. The summed E-state index contributed by atoms with van der Waals surface area (Å²) in [4.78, 5) is 8.67. The Labute approximate surface area is 77.6 Å². The lowest BCUT2D eigenvalue weighted by molar-refractivity contribution is 0.470. The van der Waals surface area contributed by atoms with Crippen LogP contribution in [0.15, 0.2) is 18.2 Å². The number of carbonyl (C=O) groups excluding carboxylic acids is 1. The Hall–Kier alpha value is -0.960. The summed E-state index contributed by atoms with van der Waals surface area (Å²) in [6, 6.07) is 5.52. The van der Waals surface area contributed by atoms with Crippen LogP contribution in [-0.4, -0.2) is 10.7 Å². The molecule has 2 nitrogen and oxygen atoms in total. The third-order valence-electron chi connectivity index (χ3n) is 1.58. The van der Waals surface area contributed by atoms with Crippen molar-refractivity contribution >= 4 is 18.2 Å². The number of rotatable bonds is 0. The second kappa shape index (κ2) is 5.66. The van der Waals surface area contributed by atoms with Crippen LogP contribution in [-0.2, 0) is 4.79 Å². The molecule has 0 aliphatic heterocycles. The van der Waals surface area contributed by atoms with E-state index in [4.69, 9.17) is 9.90 Å². The molecule has 0 saturated heterocycles. The summed E-state index contributed by atoms with van der Waals surface area (Å²) in [5.74, 6) is 0.384. The molecule has 0 bridgehead atoms. The standard InChI is InChI=1S/C8H10O.CH2OS/c1-6-4-3-5-8(9)7(6)2;2-1-3/h3-5,9H,1-2H3;1H,(H,2,3). The Kier molecular flexibility index (Phi) is 5.21. The van der Waals surface area contributed by atoms with Gasteiger partial charge in [0.05, 0.1) is 0 Å². The minimum absolute atomic E-state index is 0.384. The first-order chi connectivity index (χ1) is 5.63. The third-order valence-corrected chi connectivity index (χ3v) is 1.58. The Morgan fingerprint density at radius 2 is 1.92 bits per heavy atom. The molecular formula is C9H12O2S. The lowest BCUT2D eigenvalue weighted by Gasteiger charge is -1.99. The van der Waals surface area contributed by atoms with E-state index in [9.17, 15) is 0 Å². The molecule has 1 aromatic carbocycles. The summed E-state index contributed by atoms with van der Waals surface area (Å²) < 4.78 is 0. The van der Waals surface area contributed by atoms with Crippen LogP contribution in [0.4, 0.5) is 0 Å². The summed E-state index contributed by atoms with van der Waals surface area (Å²) in [6.07, 6.45) is 0. The van der Waals surface area contributed by atoms with Gasteiger partial charge in [-0.15, -0.1) is 12.6 Å². The SMILES string of the molecule is Cc1cccc(O)c1C.O=CS. The number of hydrogen-bond donors (Lipinski definition) is 2. The van der Waals surface area contributed by atoms with Crippen molar-refractivity contribution in [3.8, 4) is 5.75 Å². The molecule has 66 valence electrons. The van der Waals surface area contributed by atoms with Gasteiger partial charge in [0.2, 0.25) is 0 Å². The van der Waals surface area contributed by atoms with Gasteiger partial charge in [-0.3, -0.25) is 4.79 Å². The van der Waals surface area contributed by atoms with E-state index in [0.29, 0.717) is 11.4 Å². The second-order valence-electron chi connectivity index (χ2n) is 2.32. The van der Waals surface area contributed by atoms with Crippen LogP contribution in [0.2, 0.25) is 0 Å². The van der Waals surface area contributed by atoms with Crippen molar-refractivity contribution in [1.82, 2.24) is 0 Å². The number of phenolic OH excluding ortho intramolecular Hbond substituents is 1. The van der Waals surface area contributed by atoms with E-state index < -0.39 is 0 Å². The number of carbonyl (C=O) groups is 1. The fourth-order valence-corrected chi connectivity index (χ4v) is 0.736. The van der Waals surface area contributed by atoms with Crippen molar-refractivity contribution in [1.29, 1.82) is 0 Å². The van der Waals surface area contributed by atoms with Gasteiger partial charge >= 0.3 is 0 Å². The van der Waals surface area contributed by atoms with Crippen molar-refractivity contribution in [2.75, 3.05) is 0 Å². The molecule has 0 amide bonds. The van der Waals surface area contributed by atoms with Crippen LogP contribution < -0.4 is 0 Å². The van der Waals surface area contributed by atoms with Crippen molar-refractivity contribution < 1.29 is 9.90 Å². The maximum Gasteiger partial charge on any atom is 0.173 e. The average Bonchev–Trinajstić information content (AvgIpc) is 2.02. The topological polar surface area (TPSA) is 37.3 Å². The summed E-state index contributed by atoms with van der Waals surface area (Å²) >= 11 is 3.11. The Morgan fingerprint density at radius 1 is 1.42 bits per heavy atom. The normalized spacial score (nSPS) is 8.25. The van der Waals surface area contributed by atoms with Gasteiger partial charge in [-0.05, 0) is 31.0 Å². The molecule has 1 rings (SSSR count). The summed E-state index contributed by atoms with van der Waals surface area (Å²) in [6.45, 7) is 3.89. The second-order valence-corrected chi connectivity index (χ2v) is 2.54. The Balaban J connectivity index is 0.000000354. The smallest absolute Gasteiger partial charge is 0.173 e. The highest BCUT2D eigenvalue weighted by molar-refractivity contribution is 7.94. The largest absolute Gasteiger partial charge is 0.508 e. The number of hydrogen-bond acceptors (Lipinski definition) is 2. The zero-order chi connectivity index (χ0) is 9.56. The molecule has 0 heterocycles. The lowest BCUT2D eigenvalue weighted by atomic mass is 10.1. The molecular weight excluding hydrogens is 172 g/mol. The molecule has 12 heavy (non-hydrogen) atoms. The quantitative estimate of drug-likeness (QED) is 0.478. The highest BCUT2D eigenvalue weighted by atomic mass is 32.1. The van der Waals surface area contributed by atoms with E-state index in [-0.39, 0.29) is 0 Å². The zero-order valence-corrected chi connectivity index (χ0v) is 8.01. The highest BCUT2D eigenvalue weighted by Crippen LogP contribution is 2.17. The molecule has 0 fully saturated rings. The average molecular weight is 184 g/mol. The minimum Gasteiger partial charge on any atom is -0.508 e. The summed E-state index contributed by atoms with van der Waals surface area (Å²) in [5, 5.41) is 9.10. The molecule has 0 spiro atoms. The van der Waals surface area contributed by atoms with Gasteiger partial charge < -0.3 is 5.11 Å². The molecule has 0 atom stereocenters. The monoisotopic (exact) mass is 184 g/mol. The number of thiol groups is 1. The lowest BCUT2D eigenvalue weighted by Crippen LogP contribution is -1.78. The number of benzene rings is 1. The Bertz CT molecular complexity index is 238. The molecule has 0 aromatic heterocycles. The third kappa shape index (κ3) is 3.44. The van der Waals surface area contributed by atoms with Crippen LogP contribution >= 0.6 is 12.6 Å². The van der Waals surface area contributed by atoms with E-state index in [1.807, 2.05) is 26.0 Å². The predicted octanol–water partition coefficient (Wildman–Crippen LogP) is 2.12. The van der Waals surface area contributed by atoms with Crippen LogP contribution in [0.1, 0.15) is 11.1 Å². The number of aromatic hydroxyl groups is 1. The van der Waals surface area contributed by atoms with E-state index in [1.165, 1.54) is 0 Å². The minimum atomic E-state index is 0.384. The predicted molar refractivity (Wildman–Crippen MR) is 53.3 cm³/mol. The van der Waals surface area contributed by atoms with E-state index in [1.54, 1.807) is 6.07 Å². The van der Waals surface area contributed by atoms with Crippen LogP contribution in [0.25, 0.3) is 0 Å². The molecule has 0 aliphatic carbocycles. The van der Waals surface area contributed by atoms with Crippen molar-refractivity contribution in [2.24, 2.45) is 0 Å². The van der Waals surface area contributed by atoms with Crippen LogP contribution in [0, 0.1) is 13.8 Å². The van der Waals surface area contributed by atoms with Gasteiger partial charge in [0.15, 0.2) is 5.62 Å². The first-order valence-electron chi connectivity index (χ1n) is 3.46.